The van der Waals surface area contributed by atoms with E-state index in [1.807, 2.05) is 12.4 Å². The monoisotopic (exact) mass is 418 g/mol. The van der Waals surface area contributed by atoms with Crippen molar-refractivity contribution in [2.45, 2.75) is 19.4 Å². The average molecular weight is 419 g/mol. The number of hydroxylamine groups is 1. The molecule has 0 aliphatic rings. The lowest BCUT2D eigenvalue weighted by Crippen LogP contribution is -2.38. The fourth-order valence-corrected chi connectivity index (χ4v) is 2.92. The third-order valence-corrected chi connectivity index (χ3v) is 4.76. The van der Waals surface area contributed by atoms with Gasteiger partial charge in [0.1, 0.15) is 22.9 Å². The van der Waals surface area contributed by atoms with Crippen LogP contribution < -0.4 is 15.5 Å². The number of hydrogen-bond donors (Lipinski definition) is 3. The van der Waals surface area contributed by atoms with E-state index in [4.69, 9.17) is 38.2 Å². The second-order valence-electron chi connectivity index (χ2n) is 6.15. The van der Waals surface area contributed by atoms with Gasteiger partial charge in [0.05, 0.1) is 6.04 Å². The van der Waals surface area contributed by atoms with Crippen molar-refractivity contribution >= 4 is 45.7 Å². The molecule has 0 spiro atoms. The van der Waals surface area contributed by atoms with Gasteiger partial charge in [0, 0.05) is 16.0 Å². The number of amides is 1. The van der Waals surface area contributed by atoms with Crippen molar-refractivity contribution in [2.24, 2.45) is 0 Å². The fraction of sp³-hybridized carbons (Fsp3) is 0.200. The minimum absolute atomic E-state index is 0.191. The van der Waals surface area contributed by atoms with Crippen LogP contribution in [0.3, 0.4) is 0 Å². The van der Waals surface area contributed by atoms with Crippen LogP contribution in [0.4, 0.5) is 0 Å². The van der Waals surface area contributed by atoms with E-state index in [1.54, 1.807) is 48.5 Å². The highest BCUT2D eigenvalue weighted by Crippen LogP contribution is 2.23. The first kappa shape index (κ1) is 20.1. The van der Waals surface area contributed by atoms with Gasteiger partial charge in [-0.25, -0.2) is 0 Å². The van der Waals surface area contributed by atoms with Crippen LogP contribution in [0.15, 0.2) is 52.9 Å². The lowest BCUT2D eigenvalue weighted by molar-refractivity contribution is 0.0894. The molecule has 3 N–H and O–H groups in total. The van der Waals surface area contributed by atoms with Crippen LogP contribution in [-0.2, 0) is 0 Å². The minimum atomic E-state index is -0.308. The molecule has 146 valence electrons. The third kappa shape index (κ3) is 4.81. The van der Waals surface area contributed by atoms with Crippen LogP contribution in [0.5, 0.6) is 5.75 Å². The normalized spacial score (nSPS) is 11.8. The molecule has 28 heavy (non-hydrogen) atoms. The number of ether oxygens (including phenoxy) is 1. The van der Waals surface area contributed by atoms with E-state index in [0.29, 0.717) is 34.9 Å². The lowest BCUT2D eigenvalue weighted by Gasteiger charge is -2.17. The van der Waals surface area contributed by atoms with Crippen LogP contribution in [0, 0.1) is 0 Å². The van der Waals surface area contributed by atoms with E-state index in [0.717, 1.165) is 5.39 Å². The van der Waals surface area contributed by atoms with E-state index in [1.165, 1.54) is 0 Å². The van der Waals surface area contributed by atoms with Crippen LogP contribution in [0.1, 0.15) is 29.5 Å². The van der Waals surface area contributed by atoms with Crippen molar-refractivity contribution in [1.82, 2.24) is 10.8 Å². The van der Waals surface area contributed by atoms with Crippen LogP contribution in [0.2, 0.25) is 5.02 Å². The average Bonchev–Trinajstić information content (AvgIpc) is 3.14. The van der Waals surface area contributed by atoms with E-state index >= 15 is 0 Å². The highest BCUT2D eigenvalue weighted by atomic mass is 35.5. The SMILES string of the molecule is CC[C@@H](COc1ccc(C(=S)NO)cc1)NC(=O)c1cc2cc(Cl)ccc2o1. The van der Waals surface area contributed by atoms with Crippen molar-refractivity contribution in [2.75, 3.05) is 6.61 Å². The second-order valence-corrected chi connectivity index (χ2v) is 6.99. The van der Waals surface area contributed by atoms with Gasteiger partial charge in [-0.3, -0.25) is 15.5 Å². The smallest absolute Gasteiger partial charge is 0.287 e. The number of halogens is 1. The largest absolute Gasteiger partial charge is 0.491 e. The molecule has 0 saturated heterocycles. The molecule has 8 heteroatoms. The van der Waals surface area contributed by atoms with Crippen molar-refractivity contribution < 1.29 is 19.2 Å². The number of carbonyl (C=O) groups excluding carboxylic acids is 1. The molecule has 1 atom stereocenters. The van der Waals surface area contributed by atoms with Gasteiger partial charge in [-0.1, -0.05) is 30.7 Å². The maximum atomic E-state index is 12.5. The Morgan fingerprint density at radius 1 is 1.25 bits per heavy atom. The Bertz CT molecular complexity index is 988. The lowest BCUT2D eigenvalue weighted by atomic mass is 10.2. The summed E-state index contributed by atoms with van der Waals surface area (Å²) in [5, 5.41) is 13.1. The summed E-state index contributed by atoms with van der Waals surface area (Å²) in [6.07, 6.45) is 0.689. The van der Waals surface area contributed by atoms with Gasteiger partial charge >= 0.3 is 0 Å². The Morgan fingerprint density at radius 3 is 2.68 bits per heavy atom. The van der Waals surface area contributed by atoms with E-state index in [9.17, 15) is 4.79 Å². The summed E-state index contributed by atoms with van der Waals surface area (Å²) in [5.74, 6) is 0.554. The Labute approximate surface area is 172 Å². The summed E-state index contributed by atoms with van der Waals surface area (Å²) in [4.78, 5) is 12.7. The molecule has 6 nitrogen and oxygen atoms in total. The Morgan fingerprint density at radius 2 is 2.00 bits per heavy atom. The fourth-order valence-electron chi connectivity index (χ4n) is 2.61. The van der Waals surface area contributed by atoms with E-state index < -0.39 is 0 Å². The number of nitrogens with one attached hydrogen (secondary N) is 2. The molecule has 0 saturated carbocycles. The molecule has 1 heterocycles. The van der Waals surface area contributed by atoms with Gasteiger partial charge in [0.2, 0.25) is 0 Å². The van der Waals surface area contributed by atoms with Gasteiger partial charge in [-0.15, -0.1) is 0 Å². The number of furan rings is 1. The summed E-state index contributed by atoms with van der Waals surface area (Å²) in [6, 6.07) is 13.6. The second kappa shape index (κ2) is 9.05. The molecule has 0 aliphatic carbocycles. The first-order valence-corrected chi connectivity index (χ1v) is 9.46. The highest BCUT2D eigenvalue weighted by Gasteiger charge is 2.17. The zero-order valence-electron chi connectivity index (χ0n) is 15.1. The predicted octanol–water partition coefficient (Wildman–Crippen LogP) is 4.33. The van der Waals surface area contributed by atoms with Gasteiger partial charge < -0.3 is 14.5 Å². The number of benzene rings is 2. The summed E-state index contributed by atoms with van der Waals surface area (Å²) in [6.45, 7) is 2.26. The minimum Gasteiger partial charge on any atom is -0.491 e. The molecule has 1 amide bonds. The molecule has 3 rings (SSSR count). The van der Waals surface area contributed by atoms with Crippen molar-refractivity contribution in [3.63, 3.8) is 0 Å². The molecule has 2 aromatic carbocycles. The van der Waals surface area contributed by atoms with Crippen molar-refractivity contribution in [3.05, 3.63) is 64.9 Å². The maximum Gasteiger partial charge on any atom is 0.287 e. The molecular weight excluding hydrogens is 400 g/mol. The molecule has 0 aliphatic heterocycles. The Balaban J connectivity index is 1.60. The first-order chi connectivity index (χ1) is 13.5. The summed E-state index contributed by atoms with van der Waals surface area (Å²) in [5.41, 5.74) is 3.22. The molecule has 1 aromatic heterocycles. The van der Waals surface area contributed by atoms with Gasteiger partial charge in [-0.2, -0.15) is 0 Å². The van der Waals surface area contributed by atoms with Crippen molar-refractivity contribution in [3.8, 4) is 5.75 Å². The van der Waals surface area contributed by atoms with Crippen molar-refractivity contribution in [1.29, 1.82) is 0 Å². The zero-order valence-corrected chi connectivity index (χ0v) is 16.6. The number of fused-ring (bicyclic) bond motifs is 1. The standard InChI is InChI=1S/C20H19ClN2O4S/c1-2-15(11-26-16-6-3-12(4-7-16)20(28)23-25)22-19(24)18-10-13-9-14(21)5-8-17(13)27-18/h3-10,15,25H,2,11H2,1H3,(H,22,24)(H,23,28)/t15-/m0/s1. The zero-order chi connectivity index (χ0) is 20.1. The molecule has 0 fully saturated rings. The Hall–Kier alpha value is -2.61. The summed E-state index contributed by atoms with van der Waals surface area (Å²) < 4.78 is 11.3. The van der Waals surface area contributed by atoms with Gasteiger partial charge in [0.15, 0.2) is 5.76 Å². The highest BCUT2D eigenvalue weighted by molar-refractivity contribution is 7.80. The number of thiocarbonyl (C=S) groups is 1. The van der Waals surface area contributed by atoms with Crippen LogP contribution in [-0.4, -0.2) is 28.8 Å². The van der Waals surface area contributed by atoms with Crippen LogP contribution >= 0.6 is 23.8 Å². The van der Waals surface area contributed by atoms with Crippen LogP contribution in [0.25, 0.3) is 11.0 Å². The number of hydrogen-bond acceptors (Lipinski definition) is 5. The quantitative estimate of drug-likeness (QED) is 0.391. The topological polar surface area (TPSA) is 83.7 Å². The van der Waals surface area contributed by atoms with E-state index in [-0.39, 0.29) is 22.7 Å². The Kier molecular flexibility index (Phi) is 6.51. The molecular formula is C20H19ClN2O4S. The molecule has 0 unspecified atom stereocenters. The molecule has 0 bridgehead atoms. The molecule has 0 radical (unpaired) electrons. The maximum absolute atomic E-state index is 12.5. The van der Waals surface area contributed by atoms with E-state index in [2.05, 4.69) is 5.32 Å². The third-order valence-electron chi connectivity index (χ3n) is 4.20. The predicted molar refractivity (Wildman–Crippen MR) is 111 cm³/mol. The summed E-state index contributed by atoms with van der Waals surface area (Å²) >= 11 is 10.9. The number of carbonyl (C=O) groups is 1. The number of rotatable bonds is 7. The first-order valence-electron chi connectivity index (χ1n) is 8.67. The summed E-state index contributed by atoms with van der Waals surface area (Å²) in [7, 11) is 0. The van der Waals surface area contributed by atoms with Gasteiger partial charge in [-0.05, 0) is 55.0 Å². The molecule has 3 aromatic rings. The van der Waals surface area contributed by atoms with Gasteiger partial charge in [0.25, 0.3) is 5.91 Å².